The first-order valence-electron chi connectivity index (χ1n) is 7.44. The third-order valence-electron chi connectivity index (χ3n) is 3.28. The number of nitrogen functional groups attached to an aromatic ring is 1. The minimum atomic E-state index is -0.454. The third kappa shape index (κ3) is 4.46. The Labute approximate surface area is 127 Å². The number of aryl methyl sites for hydroxylation is 1. The van der Waals surface area contributed by atoms with Crippen molar-refractivity contribution >= 4 is 11.8 Å². The molecule has 1 aromatic rings. The minimum absolute atomic E-state index is 0.190. The van der Waals surface area contributed by atoms with Crippen molar-refractivity contribution in [1.82, 2.24) is 14.5 Å². The second-order valence-corrected chi connectivity index (χ2v) is 6.03. The summed E-state index contributed by atoms with van der Waals surface area (Å²) in [4.78, 5) is 18.3. The van der Waals surface area contributed by atoms with Crippen molar-refractivity contribution in [3.8, 4) is 0 Å². The Morgan fingerprint density at radius 2 is 2.05 bits per heavy atom. The lowest BCUT2D eigenvalue weighted by atomic mass is 10.0. The van der Waals surface area contributed by atoms with Gasteiger partial charge in [-0.05, 0) is 40.3 Å². The van der Waals surface area contributed by atoms with Crippen LogP contribution in [0, 0.1) is 12.8 Å². The maximum absolute atomic E-state index is 11.9. The van der Waals surface area contributed by atoms with Crippen LogP contribution in [0.4, 0.5) is 5.82 Å². The summed E-state index contributed by atoms with van der Waals surface area (Å²) in [6.45, 7) is 9.17. The zero-order valence-corrected chi connectivity index (χ0v) is 14.0. The molecule has 0 radical (unpaired) electrons. The van der Waals surface area contributed by atoms with Gasteiger partial charge in [0.05, 0.1) is 6.61 Å². The molecule has 0 spiro atoms. The number of nitrogens with two attached hydrogens (primary N) is 1. The fourth-order valence-electron chi connectivity index (χ4n) is 2.60. The van der Waals surface area contributed by atoms with Gasteiger partial charge in [-0.2, -0.15) is 0 Å². The maximum atomic E-state index is 11.9. The lowest BCUT2D eigenvalue weighted by molar-refractivity contribution is 0.0521. The van der Waals surface area contributed by atoms with E-state index in [2.05, 4.69) is 23.7 Å². The number of carbonyl (C=O) groups is 1. The molecular formula is C15H28N4O2. The van der Waals surface area contributed by atoms with E-state index in [1.807, 2.05) is 25.6 Å². The monoisotopic (exact) mass is 296 g/mol. The number of imidazole rings is 1. The predicted molar refractivity (Wildman–Crippen MR) is 84.4 cm³/mol. The number of carbonyl (C=O) groups excluding carboxylic acids is 1. The molecule has 0 aromatic carbocycles. The van der Waals surface area contributed by atoms with Crippen LogP contribution in [0.15, 0.2) is 0 Å². The normalized spacial score (nSPS) is 13.0. The number of nitrogens with zero attached hydrogens (tertiary/aromatic N) is 3. The Kier molecular flexibility index (Phi) is 6.20. The molecule has 21 heavy (non-hydrogen) atoms. The van der Waals surface area contributed by atoms with Crippen LogP contribution in [-0.4, -0.2) is 47.7 Å². The van der Waals surface area contributed by atoms with E-state index in [1.54, 1.807) is 6.92 Å². The number of likely N-dealkylation sites (N-methyl/N-ethyl adjacent to an activating group) is 1. The molecule has 1 atom stereocenters. The lowest BCUT2D eigenvalue weighted by Crippen LogP contribution is -2.27. The topological polar surface area (TPSA) is 73.4 Å². The molecule has 0 amide bonds. The summed E-state index contributed by atoms with van der Waals surface area (Å²) in [6, 6.07) is 0.190. The first kappa shape index (κ1) is 17.5. The molecule has 0 aliphatic heterocycles. The molecule has 0 saturated heterocycles. The van der Waals surface area contributed by atoms with Gasteiger partial charge in [0.15, 0.2) is 5.69 Å². The van der Waals surface area contributed by atoms with Gasteiger partial charge in [-0.15, -0.1) is 0 Å². The van der Waals surface area contributed by atoms with E-state index < -0.39 is 5.97 Å². The van der Waals surface area contributed by atoms with E-state index >= 15 is 0 Å². The number of esters is 1. The van der Waals surface area contributed by atoms with Crippen LogP contribution in [0.3, 0.4) is 0 Å². The van der Waals surface area contributed by atoms with Gasteiger partial charge in [0.2, 0.25) is 0 Å². The minimum Gasteiger partial charge on any atom is -0.461 e. The zero-order valence-electron chi connectivity index (χ0n) is 14.0. The fraction of sp³-hybridized carbons (Fsp3) is 0.733. The molecule has 6 heteroatoms. The van der Waals surface area contributed by atoms with Gasteiger partial charge in [-0.3, -0.25) is 0 Å². The fourth-order valence-corrected chi connectivity index (χ4v) is 2.60. The van der Waals surface area contributed by atoms with Crippen molar-refractivity contribution in [2.24, 2.45) is 5.92 Å². The average molecular weight is 296 g/mol. The summed E-state index contributed by atoms with van der Waals surface area (Å²) in [5, 5.41) is 0. The smallest absolute Gasteiger partial charge is 0.360 e. The highest BCUT2D eigenvalue weighted by Crippen LogP contribution is 2.26. The van der Waals surface area contributed by atoms with Crippen LogP contribution < -0.4 is 5.73 Å². The quantitative estimate of drug-likeness (QED) is 0.780. The van der Waals surface area contributed by atoms with E-state index in [0.717, 1.165) is 18.8 Å². The molecule has 6 nitrogen and oxygen atoms in total. The summed E-state index contributed by atoms with van der Waals surface area (Å²) in [7, 11) is 4.06. The Morgan fingerprint density at radius 1 is 1.43 bits per heavy atom. The second kappa shape index (κ2) is 7.45. The van der Waals surface area contributed by atoms with E-state index in [1.165, 1.54) is 0 Å². The molecule has 1 rings (SSSR count). The zero-order chi connectivity index (χ0) is 16.2. The summed E-state index contributed by atoms with van der Waals surface area (Å²) >= 11 is 0. The summed E-state index contributed by atoms with van der Waals surface area (Å²) in [5.74, 6) is 1.23. The van der Waals surface area contributed by atoms with E-state index in [4.69, 9.17) is 10.5 Å². The van der Waals surface area contributed by atoms with Gasteiger partial charge >= 0.3 is 5.97 Å². The molecule has 0 fully saturated rings. The van der Waals surface area contributed by atoms with E-state index in [9.17, 15) is 4.79 Å². The van der Waals surface area contributed by atoms with Crippen molar-refractivity contribution in [3.05, 3.63) is 11.5 Å². The van der Waals surface area contributed by atoms with Gasteiger partial charge in [-0.1, -0.05) is 13.8 Å². The highest BCUT2D eigenvalue weighted by atomic mass is 16.5. The van der Waals surface area contributed by atoms with Crippen molar-refractivity contribution in [2.75, 3.05) is 33.0 Å². The van der Waals surface area contributed by atoms with Crippen LogP contribution >= 0.6 is 0 Å². The maximum Gasteiger partial charge on any atom is 0.360 e. The van der Waals surface area contributed by atoms with Gasteiger partial charge in [0, 0.05) is 12.6 Å². The molecule has 0 aliphatic carbocycles. The Balaban J connectivity index is 3.16. The summed E-state index contributed by atoms with van der Waals surface area (Å²) < 4.78 is 6.98. The lowest BCUT2D eigenvalue weighted by Gasteiger charge is -2.26. The molecule has 1 aromatic heterocycles. The number of hydrogen-bond acceptors (Lipinski definition) is 5. The average Bonchev–Trinajstić information content (AvgIpc) is 2.63. The Morgan fingerprint density at radius 3 is 2.52 bits per heavy atom. The molecular weight excluding hydrogens is 268 g/mol. The number of rotatable bonds is 7. The number of aromatic nitrogens is 2. The molecule has 0 bridgehead atoms. The molecule has 0 saturated carbocycles. The van der Waals surface area contributed by atoms with Crippen LogP contribution in [0.25, 0.3) is 0 Å². The van der Waals surface area contributed by atoms with Gasteiger partial charge < -0.3 is 19.9 Å². The van der Waals surface area contributed by atoms with Crippen LogP contribution in [0.5, 0.6) is 0 Å². The highest BCUT2D eigenvalue weighted by molar-refractivity contribution is 5.92. The molecule has 1 heterocycles. The van der Waals surface area contributed by atoms with Gasteiger partial charge in [0.1, 0.15) is 11.6 Å². The SMILES string of the molecule is CCOC(=O)c1nc(C)n(C(CC(C)C)CN(C)C)c1N. The number of ether oxygens (including phenoxy) is 1. The van der Waals surface area contributed by atoms with E-state index in [-0.39, 0.29) is 11.7 Å². The third-order valence-corrected chi connectivity index (χ3v) is 3.28. The highest BCUT2D eigenvalue weighted by Gasteiger charge is 2.25. The van der Waals surface area contributed by atoms with Crippen molar-refractivity contribution in [3.63, 3.8) is 0 Å². The number of hydrogen-bond donors (Lipinski definition) is 1. The molecule has 2 N–H and O–H groups in total. The molecule has 0 aliphatic rings. The van der Waals surface area contributed by atoms with Crippen LogP contribution in [-0.2, 0) is 4.74 Å². The largest absolute Gasteiger partial charge is 0.461 e. The second-order valence-electron chi connectivity index (χ2n) is 6.03. The van der Waals surface area contributed by atoms with Crippen LogP contribution in [0.2, 0.25) is 0 Å². The van der Waals surface area contributed by atoms with Crippen molar-refractivity contribution in [1.29, 1.82) is 0 Å². The summed E-state index contributed by atoms with van der Waals surface area (Å²) in [5.41, 5.74) is 6.39. The predicted octanol–water partition coefficient (Wildman–Crippen LogP) is 2.10. The standard InChI is InChI=1S/C15H28N4O2/c1-7-21-15(20)13-14(16)19(11(4)17-13)12(8-10(2)3)9-18(5)6/h10,12H,7-9,16H2,1-6H3. The Hall–Kier alpha value is -1.56. The first-order valence-corrected chi connectivity index (χ1v) is 7.44. The van der Waals surface area contributed by atoms with E-state index in [0.29, 0.717) is 18.3 Å². The van der Waals surface area contributed by atoms with Crippen molar-refractivity contribution in [2.45, 2.75) is 40.2 Å². The van der Waals surface area contributed by atoms with Crippen LogP contribution in [0.1, 0.15) is 49.5 Å². The summed E-state index contributed by atoms with van der Waals surface area (Å²) in [6.07, 6.45) is 0.974. The molecule has 120 valence electrons. The molecule has 1 unspecified atom stereocenters. The number of anilines is 1. The van der Waals surface area contributed by atoms with Crippen molar-refractivity contribution < 1.29 is 9.53 Å². The first-order chi connectivity index (χ1) is 9.77. The Bertz CT molecular complexity index is 470. The van der Waals surface area contributed by atoms with Gasteiger partial charge in [-0.25, -0.2) is 9.78 Å². The van der Waals surface area contributed by atoms with Gasteiger partial charge in [0.25, 0.3) is 0 Å².